The SMILES string of the molecule is CCNC(=NCC(=O)NC(C)(C)C)NCC(O)c1ccc(C)cc1.I. The Morgan fingerprint density at radius 1 is 1.20 bits per heavy atom. The van der Waals surface area contributed by atoms with E-state index in [2.05, 4.69) is 20.9 Å². The molecule has 0 aromatic heterocycles. The number of aliphatic hydroxyl groups excluding tert-OH is 1. The largest absolute Gasteiger partial charge is 0.387 e. The second-order valence-electron chi connectivity index (χ2n) is 6.80. The molecule has 142 valence electrons. The predicted molar refractivity (Wildman–Crippen MR) is 113 cm³/mol. The second-order valence-corrected chi connectivity index (χ2v) is 6.80. The molecule has 0 fully saturated rings. The van der Waals surface area contributed by atoms with Crippen molar-refractivity contribution < 1.29 is 9.90 Å². The fourth-order valence-electron chi connectivity index (χ4n) is 2.05. The zero-order chi connectivity index (χ0) is 18.2. The molecule has 25 heavy (non-hydrogen) atoms. The molecule has 1 aromatic rings. The van der Waals surface area contributed by atoms with Gasteiger partial charge in [0.25, 0.3) is 0 Å². The number of aliphatic hydroxyl groups is 1. The number of halogens is 1. The van der Waals surface area contributed by atoms with Crippen molar-refractivity contribution in [3.63, 3.8) is 0 Å². The second kappa shape index (κ2) is 11.3. The van der Waals surface area contributed by atoms with Crippen LogP contribution >= 0.6 is 24.0 Å². The summed E-state index contributed by atoms with van der Waals surface area (Å²) in [7, 11) is 0. The third kappa shape index (κ3) is 10.3. The van der Waals surface area contributed by atoms with E-state index < -0.39 is 6.10 Å². The molecule has 0 aliphatic heterocycles. The van der Waals surface area contributed by atoms with Gasteiger partial charge in [-0.1, -0.05) is 29.8 Å². The van der Waals surface area contributed by atoms with Crippen molar-refractivity contribution in [1.29, 1.82) is 0 Å². The maximum absolute atomic E-state index is 11.8. The number of hydrogen-bond acceptors (Lipinski definition) is 3. The number of carbonyl (C=O) groups is 1. The normalized spacial score (nSPS) is 12.8. The van der Waals surface area contributed by atoms with Crippen LogP contribution in [0.3, 0.4) is 0 Å². The van der Waals surface area contributed by atoms with Gasteiger partial charge in [-0.05, 0) is 40.2 Å². The third-order valence-electron chi connectivity index (χ3n) is 3.16. The van der Waals surface area contributed by atoms with Crippen molar-refractivity contribution in [3.8, 4) is 0 Å². The maximum Gasteiger partial charge on any atom is 0.242 e. The zero-order valence-electron chi connectivity index (χ0n) is 15.7. The van der Waals surface area contributed by atoms with Crippen LogP contribution in [0, 0.1) is 6.92 Å². The number of rotatable bonds is 6. The number of aryl methyl sites for hydroxylation is 1. The highest BCUT2D eigenvalue weighted by atomic mass is 127. The van der Waals surface area contributed by atoms with E-state index in [4.69, 9.17) is 0 Å². The van der Waals surface area contributed by atoms with Gasteiger partial charge in [0.1, 0.15) is 6.54 Å². The minimum absolute atomic E-state index is 0. The van der Waals surface area contributed by atoms with Gasteiger partial charge in [0, 0.05) is 18.6 Å². The van der Waals surface area contributed by atoms with E-state index >= 15 is 0 Å². The smallest absolute Gasteiger partial charge is 0.242 e. The number of nitrogens with zero attached hydrogens (tertiary/aromatic N) is 1. The predicted octanol–water partition coefficient (Wildman–Crippen LogP) is 2.12. The Morgan fingerprint density at radius 3 is 2.32 bits per heavy atom. The first-order chi connectivity index (χ1) is 11.2. The lowest BCUT2D eigenvalue weighted by atomic mass is 10.1. The number of benzene rings is 1. The molecule has 6 nitrogen and oxygen atoms in total. The molecule has 1 aromatic carbocycles. The lowest BCUT2D eigenvalue weighted by Crippen LogP contribution is -2.43. The van der Waals surface area contributed by atoms with Crippen LogP contribution in [0.5, 0.6) is 0 Å². The van der Waals surface area contributed by atoms with Crippen molar-refractivity contribution in [2.75, 3.05) is 19.6 Å². The van der Waals surface area contributed by atoms with Gasteiger partial charge in [-0.25, -0.2) is 4.99 Å². The number of guanidine groups is 1. The van der Waals surface area contributed by atoms with Gasteiger partial charge >= 0.3 is 0 Å². The Kier molecular flexibility index (Phi) is 10.7. The standard InChI is InChI=1S/C18H30N4O2.HI/c1-6-19-17(21-12-16(24)22-18(3,4)5)20-11-15(23)14-9-7-13(2)8-10-14;/h7-10,15,23H,6,11-12H2,1-5H3,(H,22,24)(H2,19,20,21);1H. The van der Waals surface area contributed by atoms with Crippen molar-refractivity contribution in [1.82, 2.24) is 16.0 Å². The topological polar surface area (TPSA) is 85.8 Å². The van der Waals surface area contributed by atoms with Gasteiger partial charge < -0.3 is 21.1 Å². The molecule has 1 atom stereocenters. The van der Waals surface area contributed by atoms with Crippen molar-refractivity contribution in [2.45, 2.75) is 46.3 Å². The summed E-state index contributed by atoms with van der Waals surface area (Å²) < 4.78 is 0. The van der Waals surface area contributed by atoms with Crippen LogP contribution in [0.25, 0.3) is 0 Å². The minimum Gasteiger partial charge on any atom is -0.387 e. The Labute approximate surface area is 167 Å². The van der Waals surface area contributed by atoms with Gasteiger partial charge in [0.2, 0.25) is 5.91 Å². The van der Waals surface area contributed by atoms with E-state index in [0.717, 1.165) is 11.1 Å². The van der Waals surface area contributed by atoms with Crippen molar-refractivity contribution in [2.24, 2.45) is 4.99 Å². The van der Waals surface area contributed by atoms with Crippen LogP contribution in [0.4, 0.5) is 0 Å². The fraction of sp³-hybridized carbons (Fsp3) is 0.556. The highest BCUT2D eigenvalue weighted by molar-refractivity contribution is 14.0. The summed E-state index contributed by atoms with van der Waals surface area (Å²) in [5.74, 6) is 0.367. The summed E-state index contributed by atoms with van der Waals surface area (Å²) in [6.07, 6.45) is -0.641. The number of carbonyl (C=O) groups excluding carboxylic acids is 1. The molecule has 0 saturated carbocycles. The van der Waals surface area contributed by atoms with E-state index in [1.54, 1.807) is 0 Å². The van der Waals surface area contributed by atoms with Gasteiger partial charge in [0.15, 0.2) is 5.96 Å². The molecule has 0 aliphatic carbocycles. The summed E-state index contributed by atoms with van der Waals surface area (Å²) in [4.78, 5) is 16.1. The number of aliphatic imine (C=N–C) groups is 1. The lowest BCUT2D eigenvalue weighted by Gasteiger charge is -2.20. The molecular weight excluding hydrogens is 431 g/mol. The Bertz CT molecular complexity index is 553. The first-order valence-corrected chi connectivity index (χ1v) is 8.29. The lowest BCUT2D eigenvalue weighted by molar-refractivity contribution is -0.121. The number of hydrogen-bond donors (Lipinski definition) is 4. The van der Waals surface area contributed by atoms with E-state index in [1.165, 1.54) is 0 Å². The van der Waals surface area contributed by atoms with Crippen LogP contribution in [0.2, 0.25) is 0 Å². The molecule has 0 radical (unpaired) electrons. The van der Waals surface area contributed by atoms with Crippen LogP contribution in [0.15, 0.2) is 29.3 Å². The molecule has 0 heterocycles. The summed E-state index contributed by atoms with van der Waals surface area (Å²) in [5, 5.41) is 19.2. The van der Waals surface area contributed by atoms with Crippen LogP contribution in [-0.2, 0) is 4.79 Å². The van der Waals surface area contributed by atoms with Gasteiger partial charge in [0.05, 0.1) is 6.10 Å². The van der Waals surface area contributed by atoms with Crippen LogP contribution in [0.1, 0.15) is 44.9 Å². The highest BCUT2D eigenvalue weighted by Gasteiger charge is 2.13. The molecule has 1 unspecified atom stereocenters. The molecule has 1 amide bonds. The third-order valence-corrected chi connectivity index (χ3v) is 3.16. The molecule has 7 heteroatoms. The quantitative estimate of drug-likeness (QED) is 0.297. The van der Waals surface area contributed by atoms with Crippen LogP contribution < -0.4 is 16.0 Å². The van der Waals surface area contributed by atoms with Crippen LogP contribution in [-0.4, -0.2) is 42.1 Å². The summed E-state index contributed by atoms with van der Waals surface area (Å²) in [6, 6.07) is 7.74. The van der Waals surface area contributed by atoms with Crippen molar-refractivity contribution in [3.05, 3.63) is 35.4 Å². The Morgan fingerprint density at radius 2 is 1.80 bits per heavy atom. The molecule has 0 aliphatic rings. The molecule has 1 rings (SSSR count). The Balaban J connectivity index is 0.00000576. The summed E-state index contributed by atoms with van der Waals surface area (Å²) in [6.45, 7) is 10.8. The zero-order valence-corrected chi connectivity index (χ0v) is 18.0. The number of amides is 1. The molecule has 4 N–H and O–H groups in total. The van der Waals surface area contributed by atoms with Gasteiger partial charge in [-0.2, -0.15) is 0 Å². The maximum atomic E-state index is 11.8. The van der Waals surface area contributed by atoms with E-state index in [1.807, 2.05) is 58.9 Å². The first-order valence-electron chi connectivity index (χ1n) is 8.29. The highest BCUT2D eigenvalue weighted by Crippen LogP contribution is 2.12. The van der Waals surface area contributed by atoms with E-state index in [-0.39, 0.29) is 42.0 Å². The van der Waals surface area contributed by atoms with E-state index in [9.17, 15) is 9.90 Å². The molecule has 0 saturated heterocycles. The monoisotopic (exact) mass is 462 g/mol. The Hall–Kier alpha value is -1.35. The molecule has 0 spiro atoms. The van der Waals surface area contributed by atoms with Gasteiger partial charge in [-0.3, -0.25) is 4.79 Å². The molecular formula is C18H31IN4O2. The summed E-state index contributed by atoms with van der Waals surface area (Å²) in [5.41, 5.74) is 1.72. The average Bonchev–Trinajstić information content (AvgIpc) is 2.48. The van der Waals surface area contributed by atoms with Crippen molar-refractivity contribution >= 4 is 35.8 Å². The van der Waals surface area contributed by atoms with Gasteiger partial charge in [-0.15, -0.1) is 24.0 Å². The minimum atomic E-state index is -0.641. The first kappa shape index (κ1) is 23.6. The fourth-order valence-corrected chi connectivity index (χ4v) is 2.05. The number of nitrogens with one attached hydrogen (secondary N) is 3. The summed E-state index contributed by atoms with van der Waals surface area (Å²) >= 11 is 0. The average molecular weight is 462 g/mol. The molecule has 0 bridgehead atoms. The van der Waals surface area contributed by atoms with E-state index in [0.29, 0.717) is 19.0 Å².